The molecule has 0 unspecified atom stereocenters. The molecular weight excluding hydrogens is 330 g/mol. The summed E-state index contributed by atoms with van der Waals surface area (Å²) in [6, 6.07) is 12.0. The zero-order valence-corrected chi connectivity index (χ0v) is 15.5. The molecule has 2 atom stereocenters. The van der Waals surface area contributed by atoms with Crippen molar-refractivity contribution >= 4 is 23.0 Å². The Kier molecular flexibility index (Phi) is 4.12. The van der Waals surface area contributed by atoms with Crippen molar-refractivity contribution in [2.45, 2.75) is 32.7 Å². The van der Waals surface area contributed by atoms with Gasteiger partial charge in [0, 0.05) is 43.0 Å². The topological polar surface area (TPSA) is 37.3 Å². The molecule has 130 valence electrons. The lowest BCUT2D eigenvalue weighted by molar-refractivity contribution is 0.180. The van der Waals surface area contributed by atoms with E-state index in [9.17, 15) is 4.79 Å². The van der Waals surface area contributed by atoms with Gasteiger partial charge in [-0.15, -0.1) is 0 Å². The summed E-state index contributed by atoms with van der Waals surface area (Å²) >= 11 is 5.71. The van der Waals surface area contributed by atoms with Crippen LogP contribution in [-0.2, 0) is 6.54 Å². The third-order valence-corrected chi connectivity index (χ3v) is 5.76. The van der Waals surface area contributed by atoms with E-state index < -0.39 is 0 Å². The van der Waals surface area contributed by atoms with Crippen LogP contribution in [0.15, 0.2) is 41.2 Å². The van der Waals surface area contributed by atoms with Crippen molar-refractivity contribution in [3.63, 3.8) is 0 Å². The SMILES string of the molecule is Cc1ccc(C)c(NC(=S)N2C[C@H]3C[C@@H](C2)c2cccc(=O)n2C3)c1. The number of hydrogen-bond donors (Lipinski definition) is 1. The maximum absolute atomic E-state index is 12.1. The molecule has 2 aromatic rings. The largest absolute Gasteiger partial charge is 0.348 e. The van der Waals surface area contributed by atoms with Gasteiger partial charge in [0.1, 0.15) is 0 Å². The summed E-state index contributed by atoms with van der Waals surface area (Å²) in [4.78, 5) is 14.4. The van der Waals surface area contributed by atoms with E-state index in [1.807, 2.05) is 10.6 Å². The Morgan fingerprint density at radius 3 is 2.84 bits per heavy atom. The summed E-state index contributed by atoms with van der Waals surface area (Å²) in [5.74, 6) is 0.851. The van der Waals surface area contributed by atoms with Crippen LogP contribution in [-0.4, -0.2) is 27.7 Å². The number of piperidine rings is 1. The van der Waals surface area contributed by atoms with E-state index in [1.165, 1.54) is 11.1 Å². The molecule has 5 heteroatoms. The zero-order chi connectivity index (χ0) is 17.6. The summed E-state index contributed by atoms with van der Waals surface area (Å²) in [6.45, 7) is 6.77. The number of rotatable bonds is 1. The molecule has 2 aliphatic rings. The average molecular weight is 353 g/mol. The highest BCUT2D eigenvalue weighted by molar-refractivity contribution is 7.80. The highest BCUT2D eigenvalue weighted by Gasteiger charge is 2.35. The number of nitrogens with zero attached hydrogens (tertiary/aromatic N) is 2. The molecular formula is C20H23N3OS. The molecule has 1 aromatic carbocycles. The smallest absolute Gasteiger partial charge is 0.250 e. The molecule has 4 nitrogen and oxygen atoms in total. The number of benzene rings is 1. The fraction of sp³-hybridized carbons (Fsp3) is 0.400. The standard InChI is InChI=1S/C20H23N3OS/c1-13-6-7-14(2)17(8-13)21-20(25)22-10-15-9-16(12-22)18-4-3-5-19(24)23(18)11-15/h3-8,15-16H,9-12H2,1-2H3,(H,21,25)/t15-,16+/m1/s1. The van der Waals surface area contributed by atoms with Gasteiger partial charge in [-0.25, -0.2) is 0 Å². The Morgan fingerprint density at radius 2 is 2.00 bits per heavy atom. The van der Waals surface area contributed by atoms with Gasteiger partial charge >= 0.3 is 0 Å². The van der Waals surface area contributed by atoms with Gasteiger partial charge in [-0.3, -0.25) is 4.79 Å². The van der Waals surface area contributed by atoms with E-state index in [-0.39, 0.29) is 5.56 Å². The van der Waals surface area contributed by atoms with Gasteiger partial charge in [-0.1, -0.05) is 18.2 Å². The molecule has 3 heterocycles. The number of anilines is 1. The molecule has 1 N–H and O–H groups in total. The van der Waals surface area contributed by atoms with Crippen LogP contribution in [0.3, 0.4) is 0 Å². The number of aryl methyl sites for hydroxylation is 2. The quantitative estimate of drug-likeness (QED) is 0.799. The Bertz CT molecular complexity index is 889. The number of likely N-dealkylation sites (tertiary alicyclic amines) is 1. The van der Waals surface area contributed by atoms with E-state index in [4.69, 9.17) is 12.2 Å². The van der Waals surface area contributed by atoms with Crippen LogP contribution in [0.25, 0.3) is 0 Å². The summed E-state index contributed by atoms with van der Waals surface area (Å²) in [5.41, 5.74) is 4.78. The Hall–Kier alpha value is -2.14. The van der Waals surface area contributed by atoms with Crippen molar-refractivity contribution in [1.82, 2.24) is 9.47 Å². The third kappa shape index (κ3) is 3.09. The number of thiocarbonyl (C=S) groups is 1. The number of hydrogen-bond acceptors (Lipinski definition) is 2. The maximum atomic E-state index is 12.1. The molecule has 0 amide bonds. The number of pyridine rings is 1. The fourth-order valence-corrected chi connectivity index (χ4v) is 4.39. The third-order valence-electron chi connectivity index (χ3n) is 5.40. The molecule has 0 saturated carbocycles. The van der Waals surface area contributed by atoms with Crippen LogP contribution in [0, 0.1) is 19.8 Å². The van der Waals surface area contributed by atoms with Crippen LogP contribution in [0.1, 0.15) is 29.2 Å². The van der Waals surface area contributed by atoms with E-state index >= 15 is 0 Å². The van der Waals surface area contributed by atoms with E-state index in [0.717, 1.165) is 42.5 Å². The average Bonchev–Trinajstić information content (AvgIpc) is 2.59. The van der Waals surface area contributed by atoms with Crippen molar-refractivity contribution in [1.29, 1.82) is 0 Å². The molecule has 2 aliphatic heterocycles. The van der Waals surface area contributed by atoms with Crippen molar-refractivity contribution in [3.8, 4) is 0 Å². The van der Waals surface area contributed by atoms with Crippen molar-refractivity contribution in [2.75, 3.05) is 18.4 Å². The Balaban J connectivity index is 1.55. The predicted molar refractivity (Wildman–Crippen MR) is 105 cm³/mol. The molecule has 2 bridgehead atoms. The minimum absolute atomic E-state index is 0.122. The van der Waals surface area contributed by atoms with Crippen LogP contribution in [0.4, 0.5) is 5.69 Å². The van der Waals surface area contributed by atoms with Crippen molar-refractivity contribution in [3.05, 3.63) is 63.6 Å². The molecule has 1 saturated heterocycles. The first-order chi connectivity index (χ1) is 12.0. The van der Waals surface area contributed by atoms with Crippen LogP contribution in [0.2, 0.25) is 0 Å². The Labute approximate surface area is 153 Å². The van der Waals surface area contributed by atoms with Crippen LogP contribution >= 0.6 is 12.2 Å². The van der Waals surface area contributed by atoms with Gasteiger partial charge in [0.15, 0.2) is 5.11 Å². The zero-order valence-electron chi connectivity index (χ0n) is 14.7. The Morgan fingerprint density at radius 1 is 1.16 bits per heavy atom. The van der Waals surface area contributed by atoms with Crippen molar-refractivity contribution < 1.29 is 0 Å². The monoisotopic (exact) mass is 353 g/mol. The highest BCUT2D eigenvalue weighted by atomic mass is 32.1. The van der Waals surface area contributed by atoms with Crippen molar-refractivity contribution in [2.24, 2.45) is 5.92 Å². The lowest BCUT2D eigenvalue weighted by atomic mass is 9.83. The normalized spacial score (nSPS) is 21.6. The lowest BCUT2D eigenvalue weighted by Crippen LogP contribution is -2.50. The molecule has 1 fully saturated rings. The second-order valence-corrected chi connectivity index (χ2v) is 7.74. The van der Waals surface area contributed by atoms with Gasteiger partial charge < -0.3 is 14.8 Å². The van der Waals surface area contributed by atoms with Crippen LogP contribution < -0.4 is 10.9 Å². The summed E-state index contributed by atoms with van der Waals surface area (Å²) in [5, 5.41) is 4.22. The number of aromatic nitrogens is 1. The highest BCUT2D eigenvalue weighted by Crippen LogP contribution is 2.35. The molecule has 4 rings (SSSR count). The minimum atomic E-state index is 0.122. The number of fused-ring (bicyclic) bond motifs is 4. The van der Waals surface area contributed by atoms with Gasteiger partial charge in [0.25, 0.3) is 5.56 Å². The van der Waals surface area contributed by atoms with Gasteiger partial charge in [-0.05, 0) is 61.7 Å². The van der Waals surface area contributed by atoms with E-state index in [0.29, 0.717) is 11.8 Å². The molecule has 1 aromatic heterocycles. The summed E-state index contributed by atoms with van der Waals surface area (Å²) < 4.78 is 1.96. The molecule has 25 heavy (non-hydrogen) atoms. The van der Waals surface area contributed by atoms with Crippen LogP contribution in [0.5, 0.6) is 0 Å². The predicted octanol–water partition coefficient (Wildman–Crippen LogP) is 3.28. The van der Waals surface area contributed by atoms with Gasteiger partial charge in [0.05, 0.1) is 0 Å². The molecule has 0 radical (unpaired) electrons. The first-order valence-electron chi connectivity index (χ1n) is 8.84. The first kappa shape index (κ1) is 16.3. The number of nitrogens with one attached hydrogen (secondary N) is 1. The summed E-state index contributed by atoms with van der Waals surface area (Å²) in [6.07, 6.45) is 1.14. The van der Waals surface area contributed by atoms with E-state index in [1.54, 1.807) is 6.07 Å². The van der Waals surface area contributed by atoms with Gasteiger partial charge in [-0.2, -0.15) is 0 Å². The second-order valence-electron chi connectivity index (χ2n) is 7.35. The first-order valence-corrected chi connectivity index (χ1v) is 9.25. The van der Waals surface area contributed by atoms with Gasteiger partial charge in [0.2, 0.25) is 0 Å². The summed E-state index contributed by atoms with van der Waals surface area (Å²) in [7, 11) is 0. The van der Waals surface area contributed by atoms with E-state index in [2.05, 4.69) is 48.3 Å². The maximum Gasteiger partial charge on any atom is 0.250 e. The second kappa shape index (κ2) is 6.30. The molecule has 0 aliphatic carbocycles. The molecule has 0 spiro atoms. The fourth-order valence-electron chi connectivity index (χ4n) is 4.13. The minimum Gasteiger partial charge on any atom is -0.348 e. The lowest BCUT2D eigenvalue weighted by Gasteiger charge is -2.43.